The highest BCUT2D eigenvalue weighted by atomic mass is 127. The Morgan fingerprint density at radius 1 is 1.21 bits per heavy atom. The van der Waals surface area contributed by atoms with Gasteiger partial charge in [0.2, 0.25) is 0 Å². The number of thioether (sulfide) groups is 1. The molecule has 3 rings (SSSR count). The van der Waals surface area contributed by atoms with Gasteiger partial charge in [0.05, 0.1) is 16.0 Å². The van der Waals surface area contributed by atoms with Crippen LogP contribution >= 0.6 is 62.5 Å². The average Bonchev–Trinajstić information content (AvgIpc) is 2.95. The minimum atomic E-state index is -0.0596. The molecule has 0 N–H and O–H groups in total. The monoisotopic (exact) mass is 603 g/mol. The first-order chi connectivity index (χ1) is 13.9. The van der Waals surface area contributed by atoms with Crippen molar-refractivity contribution in [3.05, 3.63) is 60.5 Å². The zero-order valence-corrected chi connectivity index (χ0v) is 21.3. The summed E-state index contributed by atoms with van der Waals surface area (Å²) in [5.74, 6) is 1.21. The maximum absolute atomic E-state index is 12.5. The molecule has 0 spiro atoms. The first kappa shape index (κ1) is 22.6. The molecule has 1 saturated heterocycles. The predicted molar refractivity (Wildman–Crippen MR) is 134 cm³/mol. The second kappa shape index (κ2) is 10.3. The number of halogens is 2. The van der Waals surface area contributed by atoms with E-state index in [-0.39, 0.29) is 5.91 Å². The molecule has 1 amide bonds. The van der Waals surface area contributed by atoms with E-state index in [2.05, 4.69) is 38.5 Å². The summed E-state index contributed by atoms with van der Waals surface area (Å²) in [7, 11) is 0. The molecule has 0 unspecified atom stereocenters. The van der Waals surface area contributed by atoms with Gasteiger partial charge in [0.1, 0.15) is 10.9 Å². The molecule has 0 aliphatic carbocycles. The number of carbonyl (C=O) groups excluding carboxylic acids is 1. The van der Waals surface area contributed by atoms with Crippen LogP contribution in [0.4, 0.5) is 0 Å². The van der Waals surface area contributed by atoms with E-state index in [0.29, 0.717) is 40.5 Å². The van der Waals surface area contributed by atoms with Crippen LogP contribution in [-0.4, -0.2) is 28.3 Å². The third-order valence-electron chi connectivity index (χ3n) is 4.12. The van der Waals surface area contributed by atoms with Crippen LogP contribution in [0.1, 0.15) is 25.0 Å². The van der Waals surface area contributed by atoms with Crippen molar-refractivity contribution < 1.29 is 14.3 Å². The zero-order chi connectivity index (χ0) is 21.0. The molecule has 152 valence electrons. The molecule has 2 aromatic carbocycles. The number of hydrogen-bond acceptors (Lipinski definition) is 5. The molecule has 2 aromatic rings. The van der Waals surface area contributed by atoms with E-state index in [4.69, 9.17) is 21.7 Å². The molecule has 0 bridgehead atoms. The molecule has 1 aliphatic rings. The Morgan fingerprint density at radius 2 is 1.93 bits per heavy atom. The van der Waals surface area contributed by atoms with Crippen molar-refractivity contribution >= 4 is 78.8 Å². The molecule has 29 heavy (non-hydrogen) atoms. The van der Waals surface area contributed by atoms with Crippen LogP contribution in [0.15, 0.2) is 45.8 Å². The van der Waals surface area contributed by atoms with Gasteiger partial charge in [-0.25, -0.2) is 0 Å². The molecular weight excluding hydrogens is 585 g/mol. The van der Waals surface area contributed by atoms with Gasteiger partial charge < -0.3 is 9.47 Å². The van der Waals surface area contributed by atoms with Gasteiger partial charge in [0.25, 0.3) is 5.91 Å². The van der Waals surface area contributed by atoms with Crippen LogP contribution in [-0.2, 0) is 11.4 Å². The third-order valence-corrected chi connectivity index (χ3v) is 6.80. The lowest BCUT2D eigenvalue weighted by atomic mass is 10.1. The second-order valence-electron chi connectivity index (χ2n) is 6.10. The first-order valence-electron chi connectivity index (χ1n) is 9.01. The van der Waals surface area contributed by atoms with E-state index in [1.807, 2.05) is 56.3 Å². The molecule has 0 radical (unpaired) electrons. The van der Waals surface area contributed by atoms with Crippen molar-refractivity contribution in [2.45, 2.75) is 20.5 Å². The Labute approximate surface area is 202 Å². The van der Waals surface area contributed by atoms with Crippen molar-refractivity contribution in [3.8, 4) is 11.5 Å². The number of rotatable bonds is 7. The van der Waals surface area contributed by atoms with Crippen LogP contribution in [0.3, 0.4) is 0 Å². The van der Waals surface area contributed by atoms with Gasteiger partial charge in [-0.05, 0) is 93.8 Å². The normalized spacial score (nSPS) is 15.3. The molecular formula is C21H19BrINO3S2. The molecule has 1 heterocycles. The summed E-state index contributed by atoms with van der Waals surface area (Å²) in [6.07, 6.45) is 1.84. The minimum Gasteiger partial charge on any atom is -0.490 e. The predicted octanol–water partition coefficient (Wildman–Crippen LogP) is 6.25. The van der Waals surface area contributed by atoms with Gasteiger partial charge in [-0.2, -0.15) is 0 Å². The number of likely N-dealkylation sites (N-methyl/N-ethyl adjacent to an activating group) is 1. The minimum absolute atomic E-state index is 0.0596. The quantitative estimate of drug-likeness (QED) is 0.212. The average molecular weight is 604 g/mol. The highest BCUT2D eigenvalue weighted by Crippen LogP contribution is 2.39. The fourth-order valence-corrected chi connectivity index (χ4v) is 5.05. The highest BCUT2D eigenvalue weighted by Gasteiger charge is 2.30. The lowest BCUT2D eigenvalue weighted by Gasteiger charge is -2.15. The van der Waals surface area contributed by atoms with Gasteiger partial charge in [-0.3, -0.25) is 9.69 Å². The number of carbonyl (C=O) groups is 1. The van der Waals surface area contributed by atoms with Gasteiger partial charge in [-0.15, -0.1) is 0 Å². The highest BCUT2D eigenvalue weighted by molar-refractivity contribution is 14.1. The van der Waals surface area contributed by atoms with Gasteiger partial charge >= 0.3 is 0 Å². The molecule has 0 atom stereocenters. The molecule has 4 nitrogen and oxygen atoms in total. The van der Waals surface area contributed by atoms with E-state index in [1.165, 1.54) is 15.3 Å². The second-order valence-corrected chi connectivity index (χ2v) is 9.88. The van der Waals surface area contributed by atoms with E-state index >= 15 is 0 Å². The molecule has 0 saturated carbocycles. The summed E-state index contributed by atoms with van der Waals surface area (Å²) in [6, 6.07) is 12.0. The van der Waals surface area contributed by atoms with Gasteiger partial charge in [-0.1, -0.05) is 36.1 Å². The summed E-state index contributed by atoms with van der Waals surface area (Å²) >= 11 is 12.5. The summed E-state index contributed by atoms with van der Waals surface area (Å²) in [5.41, 5.74) is 1.92. The van der Waals surface area contributed by atoms with Crippen molar-refractivity contribution in [2.24, 2.45) is 0 Å². The van der Waals surface area contributed by atoms with Crippen LogP contribution < -0.4 is 9.47 Å². The summed E-state index contributed by atoms with van der Waals surface area (Å²) in [6.45, 7) is 5.35. The van der Waals surface area contributed by atoms with Crippen LogP contribution in [0.25, 0.3) is 6.08 Å². The number of nitrogens with zero attached hydrogens (tertiary/aromatic N) is 1. The first-order valence-corrected chi connectivity index (χ1v) is 12.1. The fraction of sp³-hybridized carbons (Fsp3) is 0.238. The van der Waals surface area contributed by atoms with Gasteiger partial charge in [0.15, 0.2) is 11.5 Å². The molecule has 1 aliphatic heterocycles. The molecule has 8 heteroatoms. The Hall–Kier alpha value is -1.10. The number of thiocarbonyl (C=S) groups is 1. The third kappa shape index (κ3) is 5.53. The topological polar surface area (TPSA) is 38.8 Å². The van der Waals surface area contributed by atoms with Crippen molar-refractivity contribution in [1.82, 2.24) is 4.90 Å². The van der Waals surface area contributed by atoms with Crippen molar-refractivity contribution in [2.75, 3.05) is 13.2 Å². The molecule has 0 aromatic heterocycles. The lowest BCUT2D eigenvalue weighted by Crippen LogP contribution is -2.27. The van der Waals surface area contributed by atoms with E-state index in [0.717, 1.165) is 15.6 Å². The van der Waals surface area contributed by atoms with Crippen molar-refractivity contribution in [1.29, 1.82) is 0 Å². The maximum Gasteiger partial charge on any atom is 0.266 e. The standard InChI is InChI=1S/C21H19BrINO3S2/c1-3-24-20(25)18(29-21(24)28)11-14-9-16(22)19(17(10-14)26-4-2)27-12-13-5-7-15(23)8-6-13/h5-11H,3-4,12H2,1-2H3/b18-11-. The van der Waals surface area contributed by atoms with Crippen LogP contribution in [0.5, 0.6) is 11.5 Å². The Bertz CT molecular complexity index is 963. The Balaban J connectivity index is 1.86. The number of amides is 1. The zero-order valence-electron chi connectivity index (χ0n) is 15.9. The summed E-state index contributed by atoms with van der Waals surface area (Å²) in [5, 5.41) is 0. The molecule has 1 fully saturated rings. The van der Waals surface area contributed by atoms with E-state index < -0.39 is 0 Å². The smallest absolute Gasteiger partial charge is 0.266 e. The van der Waals surface area contributed by atoms with E-state index in [9.17, 15) is 4.79 Å². The van der Waals surface area contributed by atoms with Gasteiger partial charge in [0, 0.05) is 10.1 Å². The van der Waals surface area contributed by atoms with E-state index in [1.54, 1.807) is 4.90 Å². The van der Waals surface area contributed by atoms with Crippen LogP contribution in [0.2, 0.25) is 0 Å². The Kier molecular flexibility index (Phi) is 8.00. The Morgan fingerprint density at radius 3 is 2.55 bits per heavy atom. The SMILES string of the molecule is CCOc1cc(/C=C2\SC(=S)N(CC)C2=O)cc(Br)c1OCc1ccc(I)cc1. The number of ether oxygens (including phenoxy) is 2. The lowest BCUT2D eigenvalue weighted by molar-refractivity contribution is -0.121. The fourth-order valence-electron chi connectivity index (χ4n) is 2.73. The number of benzene rings is 2. The summed E-state index contributed by atoms with van der Waals surface area (Å²) < 4.78 is 14.4. The summed E-state index contributed by atoms with van der Waals surface area (Å²) in [4.78, 5) is 14.7. The van der Waals surface area contributed by atoms with Crippen LogP contribution in [0, 0.1) is 3.57 Å². The maximum atomic E-state index is 12.5. The van der Waals surface area contributed by atoms with Crippen molar-refractivity contribution in [3.63, 3.8) is 0 Å². The number of hydrogen-bond donors (Lipinski definition) is 0. The largest absolute Gasteiger partial charge is 0.490 e.